The average molecular weight is 909 g/mol. The maximum atomic E-state index is 16.8. The molecular weight excluding hydrogens is 850 g/mol. The van der Waals surface area contributed by atoms with Crippen LogP contribution in [0.1, 0.15) is 146 Å². The van der Waals surface area contributed by atoms with Gasteiger partial charge in [-0.25, -0.2) is 23.1 Å². The lowest BCUT2D eigenvalue weighted by Crippen LogP contribution is -2.45. The SMILES string of the molecule is C[C@]12CCC3c4cccc(F)c4CCC3C1[C@H](CCC(O)Nc1cc(F)c(-c3ccc4c(c3F)CCC3C4CC[C@]4(C)c5[nH]ncc5[C@@H](CCC(O)Nc5ccccn5)C34)cn1)c1cn[nH]c12. The van der Waals surface area contributed by atoms with Crippen LogP contribution in [0.25, 0.3) is 11.1 Å². The summed E-state index contributed by atoms with van der Waals surface area (Å²) in [5, 5.41) is 44.2. The van der Waals surface area contributed by atoms with Crippen LogP contribution >= 0.6 is 0 Å². The van der Waals surface area contributed by atoms with Crippen molar-refractivity contribution in [3.63, 3.8) is 0 Å². The Morgan fingerprint density at radius 3 is 1.87 bits per heavy atom. The summed E-state index contributed by atoms with van der Waals surface area (Å²) in [6, 6.07) is 16.1. The summed E-state index contributed by atoms with van der Waals surface area (Å²) >= 11 is 0. The summed E-state index contributed by atoms with van der Waals surface area (Å²) in [6.07, 6.45) is 14.6. The van der Waals surface area contributed by atoms with E-state index >= 15 is 8.78 Å². The van der Waals surface area contributed by atoms with E-state index < -0.39 is 18.3 Å². The van der Waals surface area contributed by atoms with E-state index in [9.17, 15) is 14.6 Å². The molecule has 0 amide bonds. The number of H-pyrrole nitrogens is 2. The van der Waals surface area contributed by atoms with Crippen LogP contribution in [-0.4, -0.2) is 53.0 Å². The number of aromatic amines is 2. The van der Waals surface area contributed by atoms with E-state index in [-0.39, 0.29) is 57.2 Å². The molecule has 6 aliphatic carbocycles. The molecule has 0 radical (unpaired) electrons. The maximum Gasteiger partial charge on any atom is 0.136 e. The molecule has 10 nitrogen and oxygen atoms in total. The Labute approximate surface area is 389 Å². The molecule has 6 aliphatic rings. The van der Waals surface area contributed by atoms with Gasteiger partial charge in [0, 0.05) is 51.8 Å². The summed E-state index contributed by atoms with van der Waals surface area (Å²) in [6.45, 7) is 4.70. The molecule has 0 aliphatic heterocycles. The van der Waals surface area contributed by atoms with Crippen LogP contribution in [0, 0.1) is 41.1 Å². The van der Waals surface area contributed by atoms with Gasteiger partial charge in [-0.15, -0.1) is 0 Å². The van der Waals surface area contributed by atoms with Crippen molar-refractivity contribution in [2.24, 2.45) is 23.7 Å². The van der Waals surface area contributed by atoms with Gasteiger partial charge in [-0.3, -0.25) is 10.2 Å². The zero-order chi connectivity index (χ0) is 45.8. The molecule has 13 heteroatoms. The molecule has 0 spiro atoms. The molecule has 6 aromatic rings. The molecule has 2 aromatic carbocycles. The van der Waals surface area contributed by atoms with Gasteiger partial charge in [0.05, 0.1) is 12.4 Å². The molecule has 0 bridgehead atoms. The zero-order valence-electron chi connectivity index (χ0n) is 38.1. The first-order valence-corrected chi connectivity index (χ1v) is 24.6. The van der Waals surface area contributed by atoms with Crippen LogP contribution in [0.15, 0.2) is 79.4 Å². The van der Waals surface area contributed by atoms with Crippen molar-refractivity contribution >= 4 is 11.6 Å². The van der Waals surface area contributed by atoms with E-state index in [1.807, 2.05) is 42.7 Å². The first kappa shape index (κ1) is 42.8. The second-order valence-corrected chi connectivity index (χ2v) is 21.2. The van der Waals surface area contributed by atoms with Gasteiger partial charge in [0.25, 0.3) is 0 Å². The minimum atomic E-state index is -0.987. The van der Waals surface area contributed by atoms with E-state index in [1.54, 1.807) is 18.3 Å². The van der Waals surface area contributed by atoms with Gasteiger partial charge in [-0.1, -0.05) is 44.2 Å². The topological polar surface area (TPSA) is 148 Å². The van der Waals surface area contributed by atoms with E-state index in [0.29, 0.717) is 66.7 Å². The summed E-state index contributed by atoms with van der Waals surface area (Å²) in [7, 11) is 0. The summed E-state index contributed by atoms with van der Waals surface area (Å²) in [5.74, 6) is 1.89. The Kier molecular flexibility index (Phi) is 10.4. The lowest BCUT2D eigenvalue weighted by molar-refractivity contribution is 0.0747. The third kappa shape index (κ3) is 6.79. The van der Waals surface area contributed by atoms with Crippen molar-refractivity contribution in [1.82, 2.24) is 30.4 Å². The van der Waals surface area contributed by atoms with E-state index in [0.717, 1.165) is 68.1 Å². The normalized spacial score (nSPS) is 30.7. The molecular formula is C54H59F3N8O2. The Morgan fingerprint density at radius 2 is 1.25 bits per heavy atom. The molecule has 348 valence electrons. The van der Waals surface area contributed by atoms with Crippen molar-refractivity contribution < 1.29 is 23.4 Å². The second-order valence-electron chi connectivity index (χ2n) is 21.2. The van der Waals surface area contributed by atoms with Crippen LogP contribution in [0.4, 0.5) is 24.8 Å². The number of aliphatic hydroxyl groups is 2. The van der Waals surface area contributed by atoms with Crippen molar-refractivity contribution in [3.05, 3.63) is 142 Å². The number of hydrogen-bond donors (Lipinski definition) is 6. The fourth-order valence-electron chi connectivity index (χ4n) is 15.4. The third-order valence-electron chi connectivity index (χ3n) is 18.2. The number of nitrogens with zero attached hydrogens (tertiary/aromatic N) is 4. The average Bonchev–Trinajstić information content (AvgIpc) is 4.11. The minimum Gasteiger partial charge on any atom is -0.374 e. The highest BCUT2D eigenvalue weighted by molar-refractivity contribution is 5.68. The number of aromatic nitrogens is 6. The summed E-state index contributed by atoms with van der Waals surface area (Å²) in [5.41, 5.74) is 8.67. The lowest BCUT2D eigenvalue weighted by Gasteiger charge is -2.51. The van der Waals surface area contributed by atoms with Gasteiger partial charge < -0.3 is 20.8 Å². The maximum absolute atomic E-state index is 16.8. The van der Waals surface area contributed by atoms with Crippen LogP contribution in [0.2, 0.25) is 0 Å². The number of nitrogens with one attached hydrogen (secondary N) is 4. The van der Waals surface area contributed by atoms with Crippen LogP contribution in [0.5, 0.6) is 0 Å². The van der Waals surface area contributed by atoms with Gasteiger partial charge >= 0.3 is 0 Å². The highest BCUT2D eigenvalue weighted by Crippen LogP contribution is 2.66. The van der Waals surface area contributed by atoms with Crippen LogP contribution in [-0.2, 0) is 23.7 Å². The molecule has 12 rings (SSSR count). The smallest absolute Gasteiger partial charge is 0.136 e. The fraction of sp³-hybridized carbons (Fsp3) is 0.481. The van der Waals surface area contributed by atoms with Crippen molar-refractivity contribution in [2.75, 3.05) is 10.6 Å². The van der Waals surface area contributed by atoms with Gasteiger partial charge in [-0.05, 0) is 176 Å². The van der Waals surface area contributed by atoms with E-state index in [4.69, 9.17) is 0 Å². The predicted octanol–water partition coefficient (Wildman–Crippen LogP) is 10.7. The Balaban J connectivity index is 0.732. The molecule has 6 N–H and O–H groups in total. The molecule has 4 aromatic heterocycles. The van der Waals surface area contributed by atoms with Crippen LogP contribution < -0.4 is 10.6 Å². The van der Waals surface area contributed by atoms with E-state index in [2.05, 4.69) is 60.9 Å². The Hall–Kier alpha value is -5.53. The molecule has 8 unspecified atom stereocenters. The van der Waals surface area contributed by atoms with Gasteiger partial charge in [-0.2, -0.15) is 10.2 Å². The minimum absolute atomic E-state index is 0.0819. The van der Waals surface area contributed by atoms with Crippen molar-refractivity contribution in [2.45, 2.75) is 138 Å². The molecule has 0 saturated heterocycles. The quantitative estimate of drug-likeness (QED) is 0.0704. The van der Waals surface area contributed by atoms with Crippen molar-refractivity contribution in [1.29, 1.82) is 0 Å². The third-order valence-corrected chi connectivity index (χ3v) is 18.2. The number of hydrogen-bond acceptors (Lipinski definition) is 8. The molecule has 2 saturated carbocycles. The Morgan fingerprint density at radius 1 is 0.642 bits per heavy atom. The standard InChI is InChI=1S/C54H59F3N8O2/c1-53-21-19-30-28-6-5-7-42(55)32(28)10-11-33(30)48(53)36(41-27-61-64-51(41)53)16-18-47(67)63-45-24-43(56)39(25-59-45)38-13-9-29-31-20-22-54(2)49(34(31)12-14-37(29)50(38)57)35(40-26-60-65-52(40)54)15-17-46(66)62-44-8-3-4-23-58-44/h3-9,13,23-27,30-31,33-36,46-49,66-67H,10-12,14-22H2,1-2H3,(H,58,62)(H,59,63)(H,60,65)(H,61,64)/t30?,31?,33?,34?,35-,36-,46?,47?,48?,49?,53+,54+/m1/s1. The molecule has 4 heterocycles. The number of aliphatic hydroxyl groups excluding tert-OH is 2. The zero-order valence-corrected chi connectivity index (χ0v) is 38.1. The highest BCUT2D eigenvalue weighted by atomic mass is 19.1. The van der Waals surface area contributed by atoms with Crippen LogP contribution in [0.3, 0.4) is 0 Å². The van der Waals surface area contributed by atoms with Gasteiger partial charge in [0.15, 0.2) is 0 Å². The number of halogens is 3. The van der Waals surface area contributed by atoms with Gasteiger partial charge in [0.1, 0.15) is 41.5 Å². The lowest BCUT2D eigenvalue weighted by atomic mass is 9.53. The number of rotatable bonds is 11. The molecule has 67 heavy (non-hydrogen) atoms. The highest BCUT2D eigenvalue weighted by Gasteiger charge is 2.59. The first-order chi connectivity index (χ1) is 32.5. The number of benzene rings is 2. The fourth-order valence-corrected chi connectivity index (χ4v) is 15.4. The number of pyridine rings is 2. The summed E-state index contributed by atoms with van der Waals surface area (Å²) < 4.78 is 47.9. The second kappa shape index (κ2) is 16.3. The predicted molar refractivity (Wildman–Crippen MR) is 250 cm³/mol. The number of fused-ring (bicyclic) bond motifs is 14. The number of anilines is 2. The van der Waals surface area contributed by atoms with Gasteiger partial charge in [0.2, 0.25) is 0 Å². The largest absolute Gasteiger partial charge is 0.374 e. The Bertz CT molecular complexity index is 2830. The first-order valence-electron chi connectivity index (χ1n) is 24.6. The monoisotopic (exact) mass is 908 g/mol. The summed E-state index contributed by atoms with van der Waals surface area (Å²) in [4.78, 5) is 8.82. The van der Waals surface area contributed by atoms with Crippen molar-refractivity contribution in [3.8, 4) is 11.1 Å². The molecule has 2 fully saturated rings. The molecule has 12 atom stereocenters. The van der Waals surface area contributed by atoms with E-state index in [1.165, 1.54) is 34.8 Å².